The summed E-state index contributed by atoms with van der Waals surface area (Å²) in [6, 6.07) is 20.4. The number of benzene rings is 2. The number of esters is 1. The fourth-order valence-electron chi connectivity index (χ4n) is 2.74. The largest absolute Gasteiger partial charge is 0.469 e. The van der Waals surface area contributed by atoms with Gasteiger partial charge in [-0.3, -0.25) is 9.69 Å². The van der Waals surface area contributed by atoms with E-state index >= 15 is 0 Å². The van der Waals surface area contributed by atoms with Crippen molar-refractivity contribution in [2.75, 3.05) is 20.3 Å². The Labute approximate surface area is 143 Å². The van der Waals surface area contributed by atoms with Gasteiger partial charge in [0.25, 0.3) is 0 Å². The highest BCUT2D eigenvalue weighted by molar-refractivity contribution is 5.69. The predicted molar refractivity (Wildman–Crippen MR) is 94.2 cm³/mol. The van der Waals surface area contributed by atoms with E-state index in [4.69, 9.17) is 4.74 Å². The first kappa shape index (κ1) is 18.2. The highest BCUT2D eigenvalue weighted by Gasteiger charge is 2.18. The molecular weight excluding hydrogens is 302 g/mol. The molecule has 0 aliphatic carbocycles. The van der Waals surface area contributed by atoms with E-state index < -0.39 is 0 Å². The van der Waals surface area contributed by atoms with E-state index in [2.05, 4.69) is 29.2 Å². The quantitative estimate of drug-likeness (QED) is 0.720. The summed E-state index contributed by atoms with van der Waals surface area (Å²) in [5, 5.41) is 9.62. The fraction of sp³-hybridized carbons (Fsp3) is 0.350. The fourth-order valence-corrected chi connectivity index (χ4v) is 2.74. The molecule has 4 nitrogen and oxygen atoms in total. The maximum Gasteiger partial charge on any atom is 0.305 e. The molecule has 1 atom stereocenters. The molecule has 2 rings (SSSR count). The van der Waals surface area contributed by atoms with Crippen molar-refractivity contribution in [1.29, 1.82) is 0 Å². The first-order chi connectivity index (χ1) is 11.7. The number of carbonyl (C=O) groups excluding carboxylic acids is 1. The topological polar surface area (TPSA) is 49.8 Å². The average molecular weight is 327 g/mol. The lowest BCUT2D eigenvalue weighted by Crippen LogP contribution is -2.32. The van der Waals surface area contributed by atoms with Crippen molar-refractivity contribution in [1.82, 2.24) is 4.90 Å². The molecule has 1 unspecified atom stereocenters. The molecule has 0 aromatic heterocycles. The van der Waals surface area contributed by atoms with E-state index in [1.165, 1.54) is 18.2 Å². The molecule has 4 heteroatoms. The predicted octanol–water partition coefficient (Wildman–Crippen LogP) is 2.86. The molecule has 2 aromatic carbocycles. The number of hydrogen-bond acceptors (Lipinski definition) is 4. The lowest BCUT2D eigenvalue weighted by atomic mass is 10.0. The van der Waals surface area contributed by atoms with Crippen molar-refractivity contribution in [2.45, 2.75) is 19.5 Å². The summed E-state index contributed by atoms with van der Waals surface area (Å²) >= 11 is 0. The van der Waals surface area contributed by atoms with E-state index in [9.17, 15) is 9.90 Å². The van der Waals surface area contributed by atoms with Gasteiger partial charge in [0.05, 0.1) is 13.5 Å². The number of nitrogens with zero attached hydrogens (tertiary/aromatic N) is 1. The smallest absolute Gasteiger partial charge is 0.305 e. The van der Waals surface area contributed by atoms with Gasteiger partial charge in [0, 0.05) is 32.2 Å². The standard InChI is InChI=1S/C20H25NO3/c1-24-20(23)12-19(16-22)15-21(13-17-8-4-2-5-9-17)14-18-10-6-3-7-11-18/h2-11,19,22H,12-16H2,1H3. The van der Waals surface area contributed by atoms with Gasteiger partial charge < -0.3 is 9.84 Å². The summed E-state index contributed by atoms with van der Waals surface area (Å²) in [4.78, 5) is 13.8. The third-order valence-electron chi connectivity index (χ3n) is 3.96. The van der Waals surface area contributed by atoms with Crippen LogP contribution in [0.4, 0.5) is 0 Å². The zero-order valence-corrected chi connectivity index (χ0v) is 14.1. The van der Waals surface area contributed by atoms with Gasteiger partial charge in [-0.05, 0) is 11.1 Å². The Kier molecular flexibility index (Phi) is 7.46. The van der Waals surface area contributed by atoms with Crippen molar-refractivity contribution < 1.29 is 14.6 Å². The summed E-state index contributed by atoms with van der Waals surface area (Å²) in [7, 11) is 1.38. The number of rotatable bonds is 9. The van der Waals surface area contributed by atoms with Crippen LogP contribution in [0.25, 0.3) is 0 Å². The van der Waals surface area contributed by atoms with Gasteiger partial charge in [-0.25, -0.2) is 0 Å². The minimum Gasteiger partial charge on any atom is -0.469 e. The van der Waals surface area contributed by atoms with Gasteiger partial charge in [0.1, 0.15) is 0 Å². The minimum atomic E-state index is -0.284. The Balaban J connectivity index is 2.07. The minimum absolute atomic E-state index is 0.0326. The summed E-state index contributed by atoms with van der Waals surface area (Å²) in [5.74, 6) is -0.418. The Hall–Kier alpha value is -2.17. The van der Waals surface area contributed by atoms with Crippen LogP contribution in [0, 0.1) is 5.92 Å². The van der Waals surface area contributed by atoms with Gasteiger partial charge in [-0.15, -0.1) is 0 Å². The van der Waals surface area contributed by atoms with Crippen LogP contribution in [0.2, 0.25) is 0 Å². The van der Waals surface area contributed by atoms with Crippen molar-refractivity contribution in [3.8, 4) is 0 Å². The molecule has 2 aromatic rings. The SMILES string of the molecule is COC(=O)CC(CO)CN(Cc1ccccc1)Cc1ccccc1. The molecular formula is C20H25NO3. The summed E-state index contributed by atoms with van der Waals surface area (Å²) in [5.41, 5.74) is 2.42. The Bertz CT molecular complexity index is 559. The van der Waals surface area contributed by atoms with Gasteiger partial charge in [0.15, 0.2) is 0 Å². The highest BCUT2D eigenvalue weighted by atomic mass is 16.5. The number of carbonyl (C=O) groups is 1. The molecule has 0 heterocycles. The summed E-state index contributed by atoms with van der Waals surface area (Å²) in [6.07, 6.45) is 0.229. The maximum atomic E-state index is 11.5. The zero-order valence-electron chi connectivity index (χ0n) is 14.1. The first-order valence-electron chi connectivity index (χ1n) is 8.19. The highest BCUT2D eigenvalue weighted by Crippen LogP contribution is 2.14. The molecule has 0 fully saturated rings. The second kappa shape index (κ2) is 9.85. The van der Waals surface area contributed by atoms with Gasteiger partial charge >= 0.3 is 5.97 Å². The van der Waals surface area contributed by atoms with E-state index in [0.717, 1.165) is 13.1 Å². The van der Waals surface area contributed by atoms with E-state index in [1.807, 2.05) is 36.4 Å². The molecule has 1 N–H and O–H groups in total. The van der Waals surface area contributed by atoms with Crippen LogP contribution in [0.1, 0.15) is 17.5 Å². The van der Waals surface area contributed by atoms with Crippen LogP contribution in [-0.4, -0.2) is 36.2 Å². The second-order valence-electron chi connectivity index (χ2n) is 5.97. The molecule has 0 saturated carbocycles. The van der Waals surface area contributed by atoms with Crippen LogP contribution in [0.15, 0.2) is 60.7 Å². The van der Waals surface area contributed by atoms with E-state index in [-0.39, 0.29) is 24.9 Å². The number of ether oxygens (including phenoxy) is 1. The van der Waals surface area contributed by atoms with Crippen LogP contribution in [0.5, 0.6) is 0 Å². The van der Waals surface area contributed by atoms with Crippen LogP contribution in [0.3, 0.4) is 0 Å². The summed E-state index contributed by atoms with van der Waals surface area (Å²) < 4.78 is 4.73. The van der Waals surface area contributed by atoms with Crippen LogP contribution < -0.4 is 0 Å². The average Bonchev–Trinajstić information content (AvgIpc) is 2.62. The number of aliphatic hydroxyl groups is 1. The van der Waals surface area contributed by atoms with E-state index in [1.54, 1.807) is 0 Å². The number of aliphatic hydroxyl groups excluding tert-OH is 1. The molecule has 24 heavy (non-hydrogen) atoms. The van der Waals surface area contributed by atoms with Crippen molar-refractivity contribution in [3.05, 3.63) is 71.8 Å². The third-order valence-corrected chi connectivity index (χ3v) is 3.96. The molecule has 0 radical (unpaired) electrons. The Morgan fingerprint density at radius 3 is 1.92 bits per heavy atom. The Morgan fingerprint density at radius 2 is 1.50 bits per heavy atom. The van der Waals surface area contributed by atoms with E-state index in [0.29, 0.717) is 6.54 Å². The monoisotopic (exact) mass is 327 g/mol. The van der Waals surface area contributed by atoms with Crippen molar-refractivity contribution in [3.63, 3.8) is 0 Å². The van der Waals surface area contributed by atoms with Crippen molar-refractivity contribution in [2.24, 2.45) is 5.92 Å². The number of methoxy groups -OCH3 is 1. The normalized spacial score (nSPS) is 12.1. The lowest BCUT2D eigenvalue weighted by molar-refractivity contribution is -0.142. The van der Waals surface area contributed by atoms with Crippen LogP contribution >= 0.6 is 0 Å². The summed E-state index contributed by atoms with van der Waals surface area (Å²) in [6.45, 7) is 2.14. The molecule has 0 bridgehead atoms. The molecule has 0 amide bonds. The van der Waals surface area contributed by atoms with Gasteiger partial charge in [-0.2, -0.15) is 0 Å². The van der Waals surface area contributed by atoms with Crippen LogP contribution in [-0.2, 0) is 22.6 Å². The molecule has 0 aliphatic heterocycles. The molecule has 0 saturated heterocycles. The van der Waals surface area contributed by atoms with Crippen molar-refractivity contribution >= 4 is 5.97 Å². The van der Waals surface area contributed by atoms with Gasteiger partial charge in [-0.1, -0.05) is 60.7 Å². The number of hydrogen-bond donors (Lipinski definition) is 1. The Morgan fingerprint density at radius 1 is 1.00 bits per heavy atom. The lowest BCUT2D eigenvalue weighted by Gasteiger charge is -2.26. The second-order valence-corrected chi connectivity index (χ2v) is 5.97. The zero-order chi connectivity index (χ0) is 17.2. The third kappa shape index (κ3) is 6.14. The van der Waals surface area contributed by atoms with Gasteiger partial charge in [0.2, 0.25) is 0 Å². The molecule has 0 spiro atoms. The first-order valence-corrected chi connectivity index (χ1v) is 8.19. The molecule has 0 aliphatic rings. The maximum absolute atomic E-state index is 11.5. The molecule has 128 valence electrons.